The summed E-state index contributed by atoms with van der Waals surface area (Å²) in [7, 11) is 1.60. The van der Waals surface area contributed by atoms with Gasteiger partial charge >= 0.3 is 6.09 Å². The Morgan fingerprint density at radius 2 is 2.41 bits per heavy atom. The summed E-state index contributed by atoms with van der Waals surface area (Å²) in [5, 5.41) is 0. The zero-order chi connectivity index (χ0) is 12.0. The summed E-state index contributed by atoms with van der Waals surface area (Å²) in [5.74, 6) is 0. The van der Waals surface area contributed by atoms with E-state index in [0.717, 1.165) is 30.2 Å². The van der Waals surface area contributed by atoms with Crippen LogP contribution >= 0.6 is 22.6 Å². The molecule has 5 nitrogen and oxygen atoms in total. The second-order valence-corrected chi connectivity index (χ2v) is 5.67. The van der Waals surface area contributed by atoms with Gasteiger partial charge in [0, 0.05) is 18.1 Å². The largest absolute Gasteiger partial charge is 0.438 e. The Hall–Kier alpha value is -0.0800. The fourth-order valence-electron chi connectivity index (χ4n) is 3.36. The van der Waals surface area contributed by atoms with Crippen molar-refractivity contribution < 1.29 is 19.0 Å². The number of rotatable bonds is 2. The van der Waals surface area contributed by atoms with Gasteiger partial charge in [-0.3, -0.25) is 4.90 Å². The quantitative estimate of drug-likeness (QED) is 0.558. The highest BCUT2D eigenvalue weighted by Gasteiger charge is 2.67. The first-order chi connectivity index (χ1) is 8.24. The van der Waals surface area contributed by atoms with Crippen LogP contribution in [0.1, 0.15) is 19.3 Å². The molecule has 1 amide bonds. The Kier molecular flexibility index (Phi) is 2.99. The summed E-state index contributed by atoms with van der Waals surface area (Å²) in [4.78, 5) is 13.8. The maximum atomic E-state index is 11.9. The Morgan fingerprint density at radius 1 is 1.59 bits per heavy atom. The number of amides is 1. The van der Waals surface area contributed by atoms with Gasteiger partial charge in [-0.1, -0.05) is 22.6 Å². The normalized spacial score (nSPS) is 44.5. The third-order valence-corrected chi connectivity index (χ3v) is 4.93. The van der Waals surface area contributed by atoms with Crippen LogP contribution in [0.25, 0.3) is 0 Å². The number of hydrogen-bond donors (Lipinski definition) is 0. The molecule has 4 atom stereocenters. The van der Waals surface area contributed by atoms with Gasteiger partial charge in [0.25, 0.3) is 0 Å². The molecule has 0 bridgehead atoms. The first-order valence-electron chi connectivity index (χ1n) is 5.96. The van der Waals surface area contributed by atoms with Crippen molar-refractivity contribution in [1.29, 1.82) is 0 Å². The van der Waals surface area contributed by atoms with Gasteiger partial charge < -0.3 is 14.2 Å². The number of piperidine rings is 1. The van der Waals surface area contributed by atoms with Crippen LogP contribution in [0.5, 0.6) is 0 Å². The van der Waals surface area contributed by atoms with E-state index in [9.17, 15) is 4.79 Å². The van der Waals surface area contributed by atoms with Crippen molar-refractivity contribution in [3.05, 3.63) is 0 Å². The highest BCUT2D eigenvalue weighted by atomic mass is 127. The molecule has 3 fully saturated rings. The van der Waals surface area contributed by atoms with Crippen molar-refractivity contribution in [2.75, 3.05) is 18.1 Å². The van der Waals surface area contributed by atoms with Crippen molar-refractivity contribution in [2.45, 2.75) is 43.3 Å². The van der Waals surface area contributed by atoms with E-state index in [1.165, 1.54) is 0 Å². The minimum atomic E-state index is -0.415. The summed E-state index contributed by atoms with van der Waals surface area (Å²) in [6.45, 7) is 0.780. The van der Waals surface area contributed by atoms with Gasteiger partial charge in [0.2, 0.25) is 0 Å². The molecule has 96 valence electrons. The van der Waals surface area contributed by atoms with E-state index in [-0.39, 0.29) is 23.8 Å². The van der Waals surface area contributed by atoms with Crippen molar-refractivity contribution in [2.24, 2.45) is 0 Å². The molecule has 3 rings (SSSR count). The third kappa shape index (κ3) is 1.46. The van der Waals surface area contributed by atoms with Crippen molar-refractivity contribution in [1.82, 2.24) is 4.90 Å². The van der Waals surface area contributed by atoms with Crippen molar-refractivity contribution >= 4 is 28.7 Å². The number of methoxy groups -OCH3 is 1. The number of ether oxygens (including phenoxy) is 3. The molecule has 0 radical (unpaired) electrons. The van der Waals surface area contributed by atoms with E-state index in [2.05, 4.69) is 22.6 Å². The first kappa shape index (κ1) is 12.0. The van der Waals surface area contributed by atoms with E-state index >= 15 is 0 Å². The predicted molar refractivity (Wildman–Crippen MR) is 68.1 cm³/mol. The lowest BCUT2D eigenvalue weighted by Crippen LogP contribution is -2.59. The van der Waals surface area contributed by atoms with E-state index < -0.39 is 6.29 Å². The molecule has 1 spiro atoms. The van der Waals surface area contributed by atoms with E-state index in [0.29, 0.717) is 0 Å². The van der Waals surface area contributed by atoms with Crippen LogP contribution in [0.3, 0.4) is 0 Å². The maximum absolute atomic E-state index is 11.9. The molecule has 0 aromatic rings. The Bertz CT molecular complexity index is 339. The number of alkyl halides is 1. The van der Waals surface area contributed by atoms with E-state index in [4.69, 9.17) is 14.2 Å². The minimum absolute atomic E-state index is 0.0183. The second kappa shape index (κ2) is 4.24. The zero-order valence-electron chi connectivity index (χ0n) is 9.73. The summed E-state index contributed by atoms with van der Waals surface area (Å²) in [6.07, 6.45) is 2.27. The van der Waals surface area contributed by atoms with Gasteiger partial charge in [-0.25, -0.2) is 4.79 Å². The van der Waals surface area contributed by atoms with Crippen molar-refractivity contribution in [3.63, 3.8) is 0 Å². The Labute approximate surface area is 114 Å². The summed E-state index contributed by atoms with van der Waals surface area (Å²) in [5.41, 5.74) is -0.281. The Balaban J connectivity index is 2.00. The lowest BCUT2D eigenvalue weighted by atomic mass is 9.80. The monoisotopic (exact) mass is 353 g/mol. The smallest absolute Gasteiger partial charge is 0.411 e. The van der Waals surface area contributed by atoms with Crippen LogP contribution in [-0.4, -0.2) is 53.1 Å². The fourth-order valence-corrected chi connectivity index (χ4v) is 4.33. The van der Waals surface area contributed by atoms with Gasteiger partial charge in [-0.05, 0) is 19.3 Å². The molecule has 3 aliphatic rings. The number of carbonyl (C=O) groups excluding carboxylic acids is 1. The fraction of sp³-hybridized carbons (Fsp3) is 0.909. The van der Waals surface area contributed by atoms with Crippen LogP contribution in [0.2, 0.25) is 0 Å². The van der Waals surface area contributed by atoms with Gasteiger partial charge in [0.1, 0.15) is 5.54 Å². The molecule has 3 aliphatic heterocycles. The SMILES string of the molecule is CO[C@@H]1O[C@H](CI)[C@@]23CCCCN2C(=O)O[C@@H]13. The first-order valence-corrected chi connectivity index (χ1v) is 7.49. The Morgan fingerprint density at radius 3 is 3.12 bits per heavy atom. The molecule has 0 saturated carbocycles. The van der Waals surface area contributed by atoms with Gasteiger partial charge in [-0.2, -0.15) is 0 Å². The third-order valence-electron chi connectivity index (χ3n) is 4.13. The molecule has 0 aromatic heterocycles. The number of nitrogens with zero attached hydrogens (tertiary/aromatic N) is 1. The molecule has 17 heavy (non-hydrogen) atoms. The average Bonchev–Trinajstić information content (AvgIpc) is 2.80. The van der Waals surface area contributed by atoms with Crippen molar-refractivity contribution in [3.8, 4) is 0 Å². The highest BCUT2D eigenvalue weighted by molar-refractivity contribution is 14.1. The van der Waals surface area contributed by atoms with Crippen LogP contribution in [0.15, 0.2) is 0 Å². The summed E-state index contributed by atoms with van der Waals surface area (Å²) in [6, 6.07) is 0. The second-order valence-electron chi connectivity index (χ2n) is 4.79. The van der Waals surface area contributed by atoms with Crippen LogP contribution in [0, 0.1) is 0 Å². The lowest BCUT2D eigenvalue weighted by Gasteiger charge is -2.41. The van der Waals surface area contributed by atoms with Crippen LogP contribution in [0.4, 0.5) is 4.79 Å². The number of hydrogen-bond acceptors (Lipinski definition) is 4. The molecular formula is C11H16INO4. The number of halogens is 1. The van der Waals surface area contributed by atoms with Gasteiger partial charge in [0.15, 0.2) is 12.4 Å². The predicted octanol–water partition coefficient (Wildman–Crippen LogP) is 1.54. The average molecular weight is 353 g/mol. The molecule has 0 N–H and O–H groups in total. The van der Waals surface area contributed by atoms with Crippen LogP contribution in [-0.2, 0) is 14.2 Å². The summed E-state index contributed by atoms with van der Waals surface area (Å²) < 4.78 is 17.5. The molecule has 3 saturated heterocycles. The van der Waals surface area contributed by atoms with Gasteiger partial charge in [-0.15, -0.1) is 0 Å². The molecule has 0 aliphatic carbocycles. The maximum Gasteiger partial charge on any atom is 0.411 e. The molecular weight excluding hydrogens is 337 g/mol. The van der Waals surface area contributed by atoms with E-state index in [1.807, 2.05) is 4.90 Å². The minimum Gasteiger partial charge on any atom is -0.438 e. The van der Waals surface area contributed by atoms with Crippen LogP contribution < -0.4 is 0 Å². The molecule has 6 heteroatoms. The van der Waals surface area contributed by atoms with Gasteiger partial charge in [0.05, 0.1) is 6.10 Å². The standard InChI is InChI=1S/C11H16INO4/c1-15-9-8-11(7(6-12)16-9)4-2-3-5-13(11)10(14)17-8/h7-9H,2-6H2,1H3/t7-,8+,9-,11-/m1/s1. The topological polar surface area (TPSA) is 48.0 Å². The molecule has 0 unspecified atom stereocenters. The zero-order valence-corrected chi connectivity index (χ0v) is 11.9. The summed E-state index contributed by atoms with van der Waals surface area (Å²) >= 11 is 2.31. The van der Waals surface area contributed by atoms with E-state index in [1.54, 1.807) is 7.11 Å². The molecule has 3 heterocycles. The molecule has 0 aromatic carbocycles. The lowest BCUT2D eigenvalue weighted by molar-refractivity contribution is -0.145. The highest BCUT2D eigenvalue weighted by Crippen LogP contribution is 2.49. The number of carbonyl (C=O) groups is 1.